The van der Waals surface area contributed by atoms with Crippen LogP contribution in [0.4, 0.5) is 17.2 Å². The van der Waals surface area contributed by atoms with Crippen LogP contribution in [0.2, 0.25) is 0 Å². The molecule has 0 fully saturated rings. The van der Waals surface area contributed by atoms with Crippen LogP contribution in [0.1, 0.15) is 17.4 Å². The van der Waals surface area contributed by atoms with Gasteiger partial charge in [-0.15, -0.1) is 0 Å². The Balaban J connectivity index is 1.73. The zero-order valence-corrected chi connectivity index (χ0v) is 16.4. The summed E-state index contributed by atoms with van der Waals surface area (Å²) < 4.78 is 16.1. The number of amides is 1. The molecule has 8 nitrogen and oxygen atoms in total. The molecule has 3 rings (SSSR count). The van der Waals surface area contributed by atoms with Gasteiger partial charge in [-0.1, -0.05) is 12.1 Å². The van der Waals surface area contributed by atoms with Crippen LogP contribution in [0.3, 0.4) is 0 Å². The molecule has 2 aromatic carbocycles. The minimum atomic E-state index is -0.379. The second kappa shape index (κ2) is 9.41. The van der Waals surface area contributed by atoms with Gasteiger partial charge < -0.3 is 24.8 Å². The van der Waals surface area contributed by atoms with Crippen molar-refractivity contribution in [3.05, 3.63) is 60.6 Å². The molecule has 0 aliphatic heterocycles. The van der Waals surface area contributed by atoms with Crippen LogP contribution in [0.5, 0.6) is 17.2 Å². The fourth-order valence-electron chi connectivity index (χ4n) is 2.60. The van der Waals surface area contributed by atoms with Gasteiger partial charge in [-0.05, 0) is 31.2 Å². The summed E-state index contributed by atoms with van der Waals surface area (Å²) in [6.45, 7) is 2.38. The van der Waals surface area contributed by atoms with Crippen LogP contribution in [0.15, 0.2) is 54.9 Å². The molecule has 0 radical (unpaired) electrons. The third kappa shape index (κ3) is 4.92. The van der Waals surface area contributed by atoms with Gasteiger partial charge in [0.25, 0.3) is 5.91 Å². The number of ether oxygens (including phenoxy) is 3. The summed E-state index contributed by atoms with van der Waals surface area (Å²) in [4.78, 5) is 21.0. The zero-order valence-electron chi connectivity index (χ0n) is 16.4. The van der Waals surface area contributed by atoms with E-state index in [9.17, 15) is 4.79 Å². The number of carbonyl (C=O) groups excluding carboxylic acids is 1. The summed E-state index contributed by atoms with van der Waals surface area (Å²) in [5.41, 5.74) is 1.42. The average Bonchev–Trinajstić information content (AvgIpc) is 2.75. The molecule has 0 saturated heterocycles. The van der Waals surface area contributed by atoms with E-state index < -0.39 is 0 Å². The Bertz CT molecular complexity index is 977. The maximum Gasteiger partial charge on any atom is 0.275 e. The van der Waals surface area contributed by atoms with Crippen LogP contribution < -0.4 is 24.8 Å². The number of hydrogen-bond acceptors (Lipinski definition) is 7. The third-order valence-corrected chi connectivity index (χ3v) is 3.99. The molecule has 0 unspecified atom stereocenters. The van der Waals surface area contributed by atoms with Crippen molar-refractivity contribution in [2.24, 2.45) is 0 Å². The molecule has 1 heterocycles. The molecule has 29 heavy (non-hydrogen) atoms. The van der Waals surface area contributed by atoms with Crippen molar-refractivity contribution < 1.29 is 19.0 Å². The Kier molecular flexibility index (Phi) is 6.47. The molecule has 1 aromatic heterocycles. The lowest BCUT2D eigenvalue weighted by molar-refractivity contribution is 0.102. The van der Waals surface area contributed by atoms with Crippen molar-refractivity contribution in [2.75, 3.05) is 31.5 Å². The van der Waals surface area contributed by atoms with Gasteiger partial charge in [-0.2, -0.15) is 0 Å². The molecule has 0 atom stereocenters. The SMILES string of the molecule is CCOc1ccccc1NC(=O)c1cnc(Nc2cc(OC)ccc2OC)cn1. The summed E-state index contributed by atoms with van der Waals surface area (Å²) in [5.74, 6) is 1.98. The molecule has 0 spiro atoms. The lowest BCUT2D eigenvalue weighted by atomic mass is 10.2. The molecular weight excluding hydrogens is 372 g/mol. The highest BCUT2D eigenvalue weighted by molar-refractivity contribution is 6.03. The van der Waals surface area contributed by atoms with E-state index in [1.807, 2.05) is 19.1 Å². The summed E-state index contributed by atoms with van der Waals surface area (Å²) in [6.07, 6.45) is 2.87. The van der Waals surface area contributed by atoms with Gasteiger partial charge in [0.2, 0.25) is 0 Å². The Morgan fingerprint density at radius 1 is 0.966 bits per heavy atom. The third-order valence-electron chi connectivity index (χ3n) is 3.99. The molecule has 3 aromatic rings. The van der Waals surface area contributed by atoms with Gasteiger partial charge in [-0.25, -0.2) is 9.97 Å². The first kappa shape index (κ1) is 19.9. The standard InChI is InChI=1S/C21H22N4O4/c1-4-29-19-8-6-5-7-15(19)25-21(26)17-12-23-20(13-22-17)24-16-11-14(27-2)9-10-18(16)28-3/h5-13H,4H2,1-3H3,(H,23,24)(H,25,26). The first-order valence-electron chi connectivity index (χ1n) is 8.99. The van der Waals surface area contributed by atoms with Crippen LogP contribution in [0, 0.1) is 0 Å². The maximum atomic E-state index is 12.5. The van der Waals surface area contributed by atoms with Crippen molar-refractivity contribution in [1.82, 2.24) is 9.97 Å². The van der Waals surface area contributed by atoms with E-state index in [1.165, 1.54) is 12.4 Å². The van der Waals surface area contributed by atoms with Gasteiger partial charge in [0.1, 0.15) is 28.8 Å². The van der Waals surface area contributed by atoms with Crippen LogP contribution >= 0.6 is 0 Å². The second-order valence-electron chi connectivity index (χ2n) is 5.86. The number of benzene rings is 2. The summed E-state index contributed by atoms with van der Waals surface area (Å²) in [7, 11) is 3.16. The van der Waals surface area contributed by atoms with Crippen molar-refractivity contribution in [3.63, 3.8) is 0 Å². The molecule has 1 amide bonds. The molecule has 0 bridgehead atoms. The largest absolute Gasteiger partial charge is 0.497 e. The van der Waals surface area contributed by atoms with E-state index in [0.717, 1.165) is 0 Å². The first-order chi connectivity index (χ1) is 14.1. The highest BCUT2D eigenvalue weighted by Gasteiger charge is 2.12. The molecule has 0 saturated carbocycles. The number of methoxy groups -OCH3 is 2. The second-order valence-corrected chi connectivity index (χ2v) is 5.86. The minimum Gasteiger partial charge on any atom is -0.497 e. The van der Waals surface area contributed by atoms with E-state index in [-0.39, 0.29) is 11.6 Å². The number of para-hydroxylation sites is 2. The van der Waals surface area contributed by atoms with Crippen molar-refractivity contribution >= 4 is 23.1 Å². The maximum absolute atomic E-state index is 12.5. The lowest BCUT2D eigenvalue weighted by Gasteiger charge is -2.12. The number of nitrogens with one attached hydrogen (secondary N) is 2. The number of rotatable bonds is 8. The molecule has 0 aliphatic rings. The van der Waals surface area contributed by atoms with Gasteiger partial charge >= 0.3 is 0 Å². The molecule has 2 N–H and O–H groups in total. The number of carbonyl (C=O) groups is 1. The molecular formula is C21H22N4O4. The molecule has 150 valence electrons. The quantitative estimate of drug-likeness (QED) is 0.598. The van der Waals surface area contributed by atoms with Gasteiger partial charge in [0, 0.05) is 6.07 Å². The fourth-order valence-corrected chi connectivity index (χ4v) is 2.60. The Morgan fingerprint density at radius 2 is 1.79 bits per heavy atom. The monoisotopic (exact) mass is 394 g/mol. The van der Waals surface area contributed by atoms with Gasteiger partial charge in [-0.3, -0.25) is 4.79 Å². The molecule has 8 heteroatoms. The zero-order chi connectivity index (χ0) is 20.6. The average molecular weight is 394 g/mol. The van der Waals surface area contributed by atoms with Crippen LogP contribution in [0.25, 0.3) is 0 Å². The van der Waals surface area contributed by atoms with E-state index in [4.69, 9.17) is 14.2 Å². The van der Waals surface area contributed by atoms with Gasteiger partial charge in [0.05, 0.1) is 44.6 Å². The van der Waals surface area contributed by atoms with Crippen molar-refractivity contribution in [3.8, 4) is 17.2 Å². The lowest BCUT2D eigenvalue weighted by Crippen LogP contribution is -2.15. The summed E-state index contributed by atoms with van der Waals surface area (Å²) in [6, 6.07) is 12.6. The Hall–Kier alpha value is -3.81. The van der Waals surface area contributed by atoms with E-state index >= 15 is 0 Å². The van der Waals surface area contributed by atoms with Crippen molar-refractivity contribution in [1.29, 1.82) is 0 Å². The predicted octanol–water partition coefficient (Wildman–Crippen LogP) is 3.89. The topological polar surface area (TPSA) is 94.6 Å². The number of anilines is 3. The van der Waals surface area contributed by atoms with Crippen LogP contribution in [-0.4, -0.2) is 36.7 Å². The van der Waals surface area contributed by atoms with E-state index in [0.29, 0.717) is 41.0 Å². The Labute approximate surface area is 168 Å². The van der Waals surface area contributed by atoms with Crippen LogP contribution in [-0.2, 0) is 0 Å². The van der Waals surface area contributed by atoms with Crippen molar-refractivity contribution in [2.45, 2.75) is 6.92 Å². The number of hydrogen-bond donors (Lipinski definition) is 2. The smallest absolute Gasteiger partial charge is 0.275 e. The summed E-state index contributed by atoms with van der Waals surface area (Å²) in [5, 5.41) is 5.90. The fraction of sp³-hybridized carbons (Fsp3) is 0.190. The number of nitrogens with zero attached hydrogens (tertiary/aromatic N) is 2. The Morgan fingerprint density at radius 3 is 2.48 bits per heavy atom. The first-order valence-corrected chi connectivity index (χ1v) is 8.99. The normalized spacial score (nSPS) is 10.2. The van der Waals surface area contributed by atoms with E-state index in [1.54, 1.807) is 44.6 Å². The van der Waals surface area contributed by atoms with E-state index in [2.05, 4.69) is 20.6 Å². The minimum absolute atomic E-state index is 0.180. The number of aromatic nitrogens is 2. The highest BCUT2D eigenvalue weighted by Crippen LogP contribution is 2.31. The summed E-state index contributed by atoms with van der Waals surface area (Å²) >= 11 is 0. The predicted molar refractivity (Wildman–Crippen MR) is 110 cm³/mol. The highest BCUT2D eigenvalue weighted by atomic mass is 16.5. The molecule has 0 aliphatic carbocycles. The van der Waals surface area contributed by atoms with Gasteiger partial charge in [0.15, 0.2) is 0 Å².